The summed E-state index contributed by atoms with van der Waals surface area (Å²) < 4.78 is 12.4. The molecule has 10 heteroatoms. The average Bonchev–Trinajstić information content (AvgIpc) is 3.39. The molecule has 0 aliphatic carbocycles. The number of fused-ring (bicyclic) bond motifs is 1. The fourth-order valence-corrected chi connectivity index (χ4v) is 5.25. The van der Waals surface area contributed by atoms with Crippen LogP contribution in [0.5, 0.6) is 5.75 Å². The number of H-pyrrole nitrogens is 1. The number of nitrogens with zero attached hydrogens (tertiary/aromatic N) is 6. The van der Waals surface area contributed by atoms with E-state index in [4.69, 9.17) is 9.47 Å². The molecule has 1 aliphatic heterocycles. The van der Waals surface area contributed by atoms with Crippen molar-refractivity contribution in [2.45, 2.75) is 33.0 Å². The minimum atomic E-state index is -0.381. The summed E-state index contributed by atoms with van der Waals surface area (Å²) in [5.41, 5.74) is 4.79. The number of methoxy groups -OCH3 is 2. The van der Waals surface area contributed by atoms with Gasteiger partial charge in [-0.1, -0.05) is 24.3 Å². The second kappa shape index (κ2) is 11.4. The Balaban J connectivity index is 1.47. The maximum atomic E-state index is 13.6. The molecule has 5 rings (SSSR count). The van der Waals surface area contributed by atoms with Crippen molar-refractivity contribution in [3.05, 3.63) is 80.9 Å². The monoisotopic (exact) mass is 517 g/mol. The maximum absolute atomic E-state index is 13.6. The molecule has 10 nitrogen and oxygen atoms in total. The number of pyridine rings is 1. The first-order valence-electron chi connectivity index (χ1n) is 13.0. The van der Waals surface area contributed by atoms with E-state index in [0.29, 0.717) is 24.5 Å². The van der Waals surface area contributed by atoms with Crippen molar-refractivity contribution in [3.8, 4) is 5.75 Å². The van der Waals surface area contributed by atoms with Crippen molar-refractivity contribution in [3.63, 3.8) is 0 Å². The molecular weight excluding hydrogens is 482 g/mol. The first-order valence-corrected chi connectivity index (χ1v) is 13.0. The Morgan fingerprint density at radius 3 is 2.58 bits per heavy atom. The van der Waals surface area contributed by atoms with Gasteiger partial charge in [-0.05, 0) is 59.2 Å². The number of rotatable bonds is 9. The van der Waals surface area contributed by atoms with Crippen LogP contribution in [0.2, 0.25) is 0 Å². The predicted octanol–water partition coefficient (Wildman–Crippen LogP) is 2.69. The fourth-order valence-electron chi connectivity index (χ4n) is 5.25. The lowest BCUT2D eigenvalue weighted by molar-refractivity contribution is 0.0984. The molecule has 1 atom stereocenters. The van der Waals surface area contributed by atoms with E-state index in [2.05, 4.69) is 55.4 Å². The molecule has 3 heterocycles. The average molecular weight is 518 g/mol. The van der Waals surface area contributed by atoms with E-state index in [-0.39, 0.29) is 11.6 Å². The number of aromatic amines is 1. The molecule has 1 N–H and O–H groups in total. The van der Waals surface area contributed by atoms with Gasteiger partial charge in [-0.3, -0.25) is 14.6 Å². The molecule has 200 valence electrons. The van der Waals surface area contributed by atoms with E-state index in [1.54, 1.807) is 18.9 Å². The van der Waals surface area contributed by atoms with Gasteiger partial charge in [0.05, 0.1) is 25.8 Å². The van der Waals surface area contributed by atoms with Gasteiger partial charge in [0.1, 0.15) is 11.8 Å². The zero-order chi connectivity index (χ0) is 26.6. The number of benzene rings is 2. The summed E-state index contributed by atoms with van der Waals surface area (Å²) in [5.74, 6) is 1.52. The third kappa shape index (κ3) is 5.33. The number of nitrogens with one attached hydrogen (secondary N) is 1. The largest absolute Gasteiger partial charge is 0.497 e. The van der Waals surface area contributed by atoms with Crippen LogP contribution in [0.1, 0.15) is 34.1 Å². The SMILES string of the molecule is COCCn1nnnc1C(c1cc2c(C)ccc(C)c2[nH]c1=O)N1CCN(Cc2cccc(OC)c2)CC1. The second-order valence-electron chi connectivity index (χ2n) is 9.86. The summed E-state index contributed by atoms with van der Waals surface area (Å²) in [5, 5.41) is 13.6. The summed E-state index contributed by atoms with van der Waals surface area (Å²) in [6, 6.07) is 14.0. The van der Waals surface area contributed by atoms with Crippen molar-refractivity contribution in [2.24, 2.45) is 0 Å². The molecule has 0 spiro atoms. The quantitative estimate of drug-likeness (QED) is 0.362. The molecule has 1 aliphatic rings. The van der Waals surface area contributed by atoms with Crippen molar-refractivity contribution in [1.29, 1.82) is 0 Å². The third-order valence-corrected chi connectivity index (χ3v) is 7.39. The molecule has 38 heavy (non-hydrogen) atoms. The summed E-state index contributed by atoms with van der Waals surface area (Å²) >= 11 is 0. The molecule has 0 radical (unpaired) electrons. The number of piperazine rings is 1. The molecular formula is C28H35N7O3. The van der Waals surface area contributed by atoms with Crippen molar-refractivity contribution in [1.82, 2.24) is 35.0 Å². The molecule has 0 amide bonds. The van der Waals surface area contributed by atoms with Crippen molar-refractivity contribution in [2.75, 3.05) is 47.0 Å². The first kappa shape index (κ1) is 26.0. The number of aryl methyl sites for hydroxylation is 2. The van der Waals surface area contributed by atoms with Crippen LogP contribution in [0.15, 0.2) is 47.3 Å². The highest BCUT2D eigenvalue weighted by Gasteiger charge is 2.33. The maximum Gasteiger partial charge on any atom is 0.253 e. The Labute approximate surface area is 222 Å². The smallest absolute Gasteiger partial charge is 0.253 e. The first-order chi connectivity index (χ1) is 18.5. The predicted molar refractivity (Wildman–Crippen MR) is 145 cm³/mol. The lowest BCUT2D eigenvalue weighted by Crippen LogP contribution is -2.48. The van der Waals surface area contributed by atoms with E-state index in [0.717, 1.165) is 60.5 Å². The van der Waals surface area contributed by atoms with Gasteiger partial charge < -0.3 is 14.5 Å². The second-order valence-corrected chi connectivity index (χ2v) is 9.86. The van der Waals surface area contributed by atoms with Crippen LogP contribution in [0.3, 0.4) is 0 Å². The lowest BCUT2D eigenvalue weighted by atomic mass is 9.99. The van der Waals surface area contributed by atoms with Gasteiger partial charge in [-0.15, -0.1) is 5.10 Å². The molecule has 0 saturated carbocycles. The minimum Gasteiger partial charge on any atom is -0.497 e. The van der Waals surface area contributed by atoms with Crippen LogP contribution in [-0.4, -0.2) is 82.0 Å². The molecule has 2 aromatic carbocycles. The summed E-state index contributed by atoms with van der Waals surface area (Å²) in [4.78, 5) is 21.5. The Morgan fingerprint density at radius 1 is 1.03 bits per heavy atom. The Bertz CT molecular complexity index is 1460. The van der Waals surface area contributed by atoms with Crippen LogP contribution in [-0.2, 0) is 17.8 Å². The Hall–Kier alpha value is -3.60. The van der Waals surface area contributed by atoms with E-state index < -0.39 is 0 Å². The highest BCUT2D eigenvalue weighted by atomic mass is 16.5. The van der Waals surface area contributed by atoms with Gasteiger partial charge in [0, 0.05) is 50.8 Å². The van der Waals surface area contributed by atoms with Crippen LogP contribution < -0.4 is 10.3 Å². The normalized spacial score (nSPS) is 15.7. The van der Waals surface area contributed by atoms with Gasteiger partial charge in [-0.25, -0.2) is 4.68 Å². The van der Waals surface area contributed by atoms with Crippen molar-refractivity contribution < 1.29 is 9.47 Å². The topological polar surface area (TPSA) is 101 Å². The van der Waals surface area contributed by atoms with Crippen molar-refractivity contribution >= 4 is 10.9 Å². The number of ether oxygens (including phenoxy) is 2. The van der Waals surface area contributed by atoms with Crippen LogP contribution >= 0.6 is 0 Å². The minimum absolute atomic E-state index is 0.115. The molecule has 1 saturated heterocycles. The summed E-state index contributed by atoms with van der Waals surface area (Å²) in [7, 11) is 3.35. The number of hydrogen-bond acceptors (Lipinski definition) is 8. The molecule has 2 aromatic heterocycles. The highest BCUT2D eigenvalue weighted by Crippen LogP contribution is 2.29. The highest BCUT2D eigenvalue weighted by molar-refractivity contribution is 5.85. The number of hydrogen-bond donors (Lipinski definition) is 1. The Kier molecular flexibility index (Phi) is 7.82. The fraction of sp³-hybridized carbons (Fsp3) is 0.429. The van der Waals surface area contributed by atoms with Gasteiger partial charge in [0.2, 0.25) is 0 Å². The lowest BCUT2D eigenvalue weighted by Gasteiger charge is -2.38. The van der Waals surface area contributed by atoms with Gasteiger partial charge in [0.15, 0.2) is 5.82 Å². The van der Waals surface area contributed by atoms with Crippen LogP contribution in [0.25, 0.3) is 10.9 Å². The third-order valence-electron chi connectivity index (χ3n) is 7.39. The van der Waals surface area contributed by atoms with Gasteiger partial charge in [-0.2, -0.15) is 0 Å². The molecule has 0 bridgehead atoms. The number of tetrazole rings is 1. The van der Waals surface area contributed by atoms with Crippen LogP contribution in [0.4, 0.5) is 0 Å². The molecule has 4 aromatic rings. The van der Waals surface area contributed by atoms with E-state index in [1.165, 1.54) is 5.56 Å². The van der Waals surface area contributed by atoms with E-state index >= 15 is 0 Å². The van der Waals surface area contributed by atoms with E-state index in [1.807, 2.05) is 31.2 Å². The Morgan fingerprint density at radius 2 is 1.82 bits per heavy atom. The van der Waals surface area contributed by atoms with Gasteiger partial charge in [0.25, 0.3) is 5.56 Å². The molecule has 1 fully saturated rings. The standard InChI is InChI=1S/C28H35N7O3/c1-19-8-9-20(2)25-23(19)17-24(28(36)29-25)26(27-30-31-32-35(27)14-15-37-3)34-12-10-33(11-13-34)18-21-6-5-7-22(16-21)38-4/h5-9,16-17,26H,10-15,18H2,1-4H3,(H,29,36). The summed E-state index contributed by atoms with van der Waals surface area (Å²) in [6.07, 6.45) is 0. The summed E-state index contributed by atoms with van der Waals surface area (Å²) in [6.45, 7) is 9.18. The number of aromatic nitrogens is 5. The van der Waals surface area contributed by atoms with Gasteiger partial charge >= 0.3 is 0 Å². The zero-order valence-corrected chi connectivity index (χ0v) is 22.5. The van der Waals surface area contributed by atoms with Crippen LogP contribution in [0, 0.1) is 13.8 Å². The van der Waals surface area contributed by atoms with E-state index in [9.17, 15) is 4.79 Å². The molecule has 1 unspecified atom stereocenters. The zero-order valence-electron chi connectivity index (χ0n) is 22.5.